The number of rotatable bonds is 2. The summed E-state index contributed by atoms with van der Waals surface area (Å²) in [5.74, 6) is 0.600. The molecule has 0 saturated heterocycles. The molecule has 0 spiro atoms. The van der Waals surface area contributed by atoms with Crippen LogP contribution < -0.4 is 5.73 Å². The molecular weight excluding hydrogens is 166 g/mol. The predicted molar refractivity (Wildman–Crippen MR) is 51.7 cm³/mol. The van der Waals surface area contributed by atoms with E-state index in [2.05, 4.69) is 9.98 Å². The minimum Gasteiger partial charge on any atom is -0.450 e. The molecule has 0 bridgehead atoms. The Morgan fingerprint density at radius 3 is 3.23 bits per heavy atom. The number of hydrogen-bond donors (Lipinski definition) is 1. The summed E-state index contributed by atoms with van der Waals surface area (Å²) in [7, 11) is 0. The fraction of sp³-hybridized carbons (Fsp3) is 0.333. The quantitative estimate of drug-likeness (QED) is 0.672. The minimum absolute atomic E-state index is 0.144. The Hall–Kier alpha value is -1.42. The maximum Gasteiger partial charge on any atom is 0.241 e. The van der Waals surface area contributed by atoms with Crippen LogP contribution in [-0.2, 0) is 4.74 Å². The Bertz CT molecular complexity index is 315. The van der Waals surface area contributed by atoms with Crippen LogP contribution in [0.3, 0.4) is 0 Å². The Kier molecular flexibility index (Phi) is 2.23. The van der Waals surface area contributed by atoms with Crippen LogP contribution in [0.5, 0.6) is 0 Å². The molecule has 2 rings (SSSR count). The Labute approximate surface area is 76.5 Å². The van der Waals surface area contributed by atoms with Crippen molar-refractivity contribution in [1.29, 1.82) is 0 Å². The highest BCUT2D eigenvalue weighted by Crippen LogP contribution is 2.13. The molecule has 13 heavy (non-hydrogen) atoms. The van der Waals surface area contributed by atoms with Crippen molar-refractivity contribution in [2.45, 2.75) is 12.6 Å². The van der Waals surface area contributed by atoms with Gasteiger partial charge in [0.1, 0.15) is 5.71 Å². The first-order valence-electron chi connectivity index (χ1n) is 4.26. The molecule has 1 atom stereocenters. The van der Waals surface area contributed by atoms with E-state index >= 15 is 0 Å². The molecule has 68 valence electrons. The van der Waals surface area contributed by atoms with Crippen LogP contribution in [-0.4, -0.2) is 24.4 Å². The van der Waals surface area contributed by atoms with Crippen LogP contribution in [0.2, 0.25) is 0 Å². The Morgan fingerprint density at radius 2 is 2.38 bits per heavy atom. The van der Waals surface area contributed by atoms with E-state index in [0.29, 0.717) is 12.4 Å². The summed E-state index contributed by atoms with van der Waals surface area (Å²) in [5, 5.41) is 0. The van der Waals surface area contributed by atoms with Crippen molar-refractivity contribution in [2.24, 2.45) is 15.7 Å². The van der Waals surface area contributed by atoms with Gasteiger partial charge in [0.15, 0.2) is 6.23 Å². The van der Waals surface area contributed by atoms with Crippen LogP contribution in [0.4, 0.5) is 0 Å². The maximum atomic E-state index is 5.45. The van der Waals surface area contributed by atoms with Crippen LogP contribution in [0.1, 0.15) is 6.42 Å². The molecule has 2 heterocycles. The largest absolute Gasteiger partial charge is 0.450 e. The molecule has 4 heteroatoms. The lowest BCUT2D eigenvalue weighted by Crippen LogP contribution is -2.14. The van der Waals surface area contributed by atoms with Crippen LogP contribution >= 0.6 is 0 Å². The van der Waals surface area contributed by atoms with Gasteiger partial charge in [0.2, 0.25) is 5.90 Å². The first kappa shape index (κ1) is 8.19. The number of aliphatic imine (C=N–C) groups is 2. The van der Waals surface area contributed by atoms with Gasteiger partial charge in [-0.15, -0.1) is 0 Å². The molecule has 0 aromatic heterocycles. The molecule has 0 amide bonds. The fourth-order valence-corrected chi connectivity index (χ4v) is 1.21. The van der Waals surface area contributed by atoms with Crippen molar-refractivity contribution in [2.75, 3.05) is 6.54 Å². The van der Waals surface area contributed by atoms with E-state index in [4.69, 9.17) is 10.5 Å². The topological polar surface area (TPSA) is 60.0 Å². The summed E-state index contributed by atoms with van der Waals surface area (Å²) < 4.78 is 5.45. The zero-order valence-corrected chi connectivity index (χ0v) is 7.18. The standard InChI is InChI=1S/C9H11N3O/c10-5-4-8-12-7-3-1-2-6-11-9(7)13-8/h1-3,6,8H,4-5,10H2. The van der Waals surface area contributed by atoms with Crippen molar-refractivity contribution < 1.29 is 4.74 Å². The molecule has 4 nitrogen and oxygen atoms in total. The van der Waals surface area contributed by atoms with E-state index in [1.54, 1.807) is 6.20 Å². The van der Waals surface area contributed by atoms with Gasteiger partial charge in [-0.25, -0.2) is 9.98 Å². The Morgan fingerprint density at radius 1 is 1.46 bits per heavy atom. The third kappa shape index (κ3) is 1.67. The van der Waals surface area contributed by atoms with Gasteiger partial charge < -0.3 is 10.5 Å². The lowest BCUT2D eigenvalue weighted by Gasteiger charge is -2.04. The second-order valence-electron chi connectivity index (χ2n) is 2.80. The summed E-state index contributed by atoms with van der Waals surface area (Å²) in [4.78, 5) is 8.41. The summed E-state index contributed by atoms with van der Waals surface area (Å²) in [5.41, 5.74) is 6.22. The maximum absolute atomic E-state index is 5.45. The van der Waals surface area contributed by atoms with Gasteiger partial charge in [-0.05, 0) is 18.7 Å². The molecule has 0 saturated carbocycles. The molecule has 0 fully saturated rings. The fourth-order valence-electron chi connectivity index (χ4n) is 1.21. The number of fused-ring (bicyclic) bond motifs is 1. The average molecular weight is 177 g/mol. The molecule has 0 aromatic carbocycles. The first-order valence-corrected chi connectivity index (χ1v) is 4.26. The van der Waals surface area contributed by atoms with Crippen molar-refractivity contribution in [1.82, 2.24) is 0 Å². The number of nitrogens with zero attached hydrogens (tertiary/aromatic N) is 2. The van der Waals surface area contributed by atoms with Crippen LogP contribution in [0.25, 0.3) is 0 Å². The third-order valence-corrected chi connectivity index (χ3v) is 1.81. The van der Waals surface area contributed by atoms with Gasteiger partial charge in [-0.1, -0.05) is 6.08 Å². The molecular formula is C9H11N3O. The molecule has 2 aliphatic rings. The summed E-state index contributed by atoms with van der Waals surface area (Å²) >= 11 is 0. The monoisotopic (exact) mass is 177 g/mol. The second-order valence-corrected chi connectivity index (χ2v) is 2.80. The zero-order chi connectivity index (χ0) is 9.10. The highest BCUT2D eigenvalue weighted by Gasteiger charge is 2.22. The van der Waals surface area contributed by atoms with Crippen molar-refractivity contribution in [3.05, 3.63) is 24.4 Å². The summed E-state index contributed by atoms with van der Waals surface area (Å²) in [6, 6.07) is 0. The SMILES string of the molecule is NCCC1N=C2C=CC=CN=C2O1. The van der Waals surface area contributed by atoms with E-state index in [1.807, 2.05) is 18.2 Å². The lowest BCUT2D eigenvalue weighted by molar-refractivity contribution is 0.208. The van der Waals surface area contributed by atoms with Gasteiger partial charge in [0.25, 0.3) is 0 Å². The van der Waals surface area contributed by atoms with E-state index in [-0.39, 0.29) is 6.23 Å². The van der Waals surface area contributed by atoms with Crippen molar-refractivity contribution in [3.8, 4) is 0 Å². The second kappa shape index (κ2) is 3.53. The molecule has 0 aromatic rings. The first-order chi connectivity index (χ1) is 6.40. The van der Waals surface area contributed by atoms with Gasteiger partial charge in [-0.2, -0.15) is 0 Å². The van der Waals surface area contributed by atoms with Gasteiger partial charge in [0.05, 0.1) is 0 Å². The van der Waals surface area contributed by atoms with Crippen molar-refractivity contribution in [3.63, 3.8) is 0 Å². The number of allylic oxidation sites excluding steroid dienone is 2. The number of hydrogen-bond acceptors (Lipinski definition) is 4. The normalized spacial score (nSPS) is 24.5. The molecule has 2 N–H and O–H groups in total. The van der Waals surface area contributed by atoms with E-state index in [0.717, 1.165) is 12.1 Å². The minimum atomic E-state index is -0.144. The van der Waals surface area contributed by atoms with E-state index < -0.39 is 0 Å². The zero-order valence-electron chi connectivity index (χ0n) is 7.18. The highest BCUT2D eigenvalue weighted by atomic mass is 16.5. The van der Waals surface area contributed by atoms with Gasteiger partial charge in [0, 0.05) is 12.6 Å². The van der Waals surface area contributed by atoms with Crippen LogP contribution in [0.15, 0.2) is 34.4 Å². The average Bonchev–Trinajstić information content (AvgIpc) is 2.37. The van der Waals surface area contributed by atoms with Crippen LogP contribution in [0, 0.1) is 0 Å². The smallest absolute Gasteiger partial charge is 0.241 e. The van der Waals surface area contributed by atoms with Gasteiger partial charge >= 0.3 is 0 Å². The number of ether oxygens (including phenoxy) is 1. The predicted octanol–water partition coefficient (Wildman–Crippen LogP) is 0.615. The number of nitrogens with two attached hydrogens (primary N) is 1. The third-order valence-electron chi connectivity index (χ3n) is 1.81. The Balaban J connectivity index is 2.16. The van der Waals surface area contributed by atoms with E-state index in [1.165, 1.54) is 0 Å². The molecule has 0 aliphatic carbocycles. The summed E-state index contributed by atoms with van der Waals surface area (Å²) in [6.07, 6.45) is 7.91. The van der Waals surface area contributed by atoms with Gasteiger partial charge in [-0.3, -0.25) is 0 Å². The summed E-state index contributed by atoms with van der Waals surface area (Å²) in [6.45, 7) is 0.578. The molecule has 0 radical (unpaired) electrons. The lowest BCUT2D eigenvalue weighted by atomic mass is 10.3. The van der Waals surface area contributed by atoms with Crippen molar-refractivity contribution >= 4 is 11.6 Å². The molecule has 1 unspecified atom stereocenters. The highest BCUT2D eigenvalue weighted by molar-refractivity contribution is 6.44. The molecule has 2 aliphatic heterocycles. The van der Waals surface area contributed by atoms with E-state index in [9.17, 15) is 0 Å².